The summed E-state index contributed by atoms with van der Waals surface area (Å²) in [5.41, 5.74) is 1.20. The standard InChI is InChI=1S/C10H19N3O/c1-13-9-12-8-10(13)7-11-5-3-2-4-6-14/h8-9,11,14H,2-7H2,1H3. The van der Waals surface area contributed by atoms with Crippen molar-refractivity contribution in [2.45, 2.75) is 25.8 Å². The molecule has 1 heterocycles. The Morgan fingerprint density at radius 1 is 1.43 bits per heavy atom. The van der Waals surface area contributed by atoms with Crippen molar-refractivity contribution < 1.29 is 5.11 Å². The Labute approximate surface area is 85.0 Å². The van der Waals surface area contributed by atoms with Crippen LogP contribution >= 0.6 is 0 Å². The molecule has 4 heteroatoms. The van der Waals surface area contributed by atoms with Crippen molar-refractivity contribution in [3.63, 3.8) is 0 Å². The van der Waals surface area contributed by atoms with Gasteiger partial charge in [0.2, 0.25) is 0 Å². The lowest BCUT2D eigenvalue weighted by Crippen LogP contribution is -2.16. The first kappa shape index (κ1) is 11.2. The largest absolute Gasteiger partial charge is 0.396 e. The number of hydrogen-bond acceptors (Lipinski definition) is 3. The van der Waals surface area contributed by atoms with Crippen molar-refractivity contribution in [1.82, 2.24) is 14.9 Å². The van der Waals surface area contributed by atoms with Crippen LogP contribution in [0.5, 0.6) is 0 Å². The zero-order valence-corrected chi connectivity index (χ0v) is 8.74. The van der Waals surface area contributed by atoms with E-state index in [4.69, 9.17) is 5.11 Å². The Balaban J connectivity index is 2.02. The van der Waals surface area contributed by atoms with E-state index in [0.29, 0.717) is 6.61 Å². The Kier molecular flexibility index (Phi) is 5.25. The first-order chi connectivity index (χ1) is 6.84. The molecule has 1 rings (SSSR count). The van der Waals surface area contributed by atoms with E-state index in [-0.39, 0.29) is 0 Å². The molecule has 0 amide bonds. The summed E-state index contributed by atoms with van der Waals surface area (Å²) in [6.07, 6.45) is 6.81. The predicted octanol–water partition coefficient (Wildman–Crippen LogP) is 0.672. The highest BCUT2D eigenvalue weighted by atomic mass is 16.2. The quantitative estimate of drug-likeness (QED) is 0.632. The van der Waals surface area contributed by atoms with Crippen LogP contribution in [0.2, 0.25) is 0 Å². The minimum Gasteiger partial charge on any atom is -0.396 e. The molecule has 0 saturated heterocycles. The van der Waals surface area contributed by atoms with Crippen LogP contribution in [0.15, 0.2) is 12.5 Å². The highest BCUT2D eigenvalue weighted by Gasteiger charge is 1.96. The zero-order valence-electron chi connectivity index (χ0n) is 8.74. The van der Waals surface area contributed by atoms with E-state index < -0.39 is 0 Å². The molecule has 2 N–H and O–H groups in total. The van der Waals surface area contributed by atoms with Crippen LogP contribution < -0.4 is 5.32 Å². The lowest BCUT2D eigenvalue weighted by molar-refractivity contribution is 0.283. The molecular formula is C10H19N3O. The van der Waals surface area contributed by atoms with E-state index in [0.717, 1.165) is 32.4 Å². The number of hydrogen-bond donors (Lipinski definition) is 2. The number of aliphatic hydroxyl groups is 1. The molecule has 0 aliphatic carbocycles. The van der Waals surface area contributed by atoms with Crippen LogP contribution in [-0.4, -0.2) is 27.8 Å². The van der Waals surface area contributed by atoms with E-state index in [1.54, 1.807) is 0 Å². The molecule has 0 aliphatic rings. The molecule has 0 radical (unpaired) electrons. The van der Waals surface area contributed by atoms with Crippen molar-refractivity contribution in [1.29, 1.82) is 0 Å². The van der Waals surface area contributed by atoms with Crippen LogP contribution in [0.25, 0.3) is 0 Å². The summed E-state index contributed by atoms with van der Waals surface area (Å²) in [5, 5.41) is 11.9. The van der Waals surface area contributed by atoms with Crippen molar-refractivity contribution in [2.75, 3.05) is 13.2 Å². The minimum absolute atomic E-state index is 0.307. The fraction of sp³-hybridized carbons (Fsp3) is 0.700. The molecule has 0 saturated carbocycles. The molecule has 14 heavy (non-hydrogen) atoms. The molecule has 0 aromatic carbocycles. The highest BCUT2D eigenvalue weighted by molar-refractivity contribution is 4.96. The maximum absolute atomic E-state index is 8.58. The molecule has 0 spiro atoms. The van der Waals surface area contributed by atoms with Gasteiger partial charge in [-0.05, 0) is 25.8 Å². The lowest BCUT2D eigenvalue weighted by Gasteiger charge is -2.04. The number of aromatic nitrogens is 2. The van der Waals surface area contributed by atoms with Gasteiger partial charge in [-0.15, -0.1) is 0 Å². The molecule has 1 aromatic heterocycles. The van der Waals surface area contributed by atoms with Gasteiger partial charge in [0.05, 0.1) is 12.0 Å². The molecule has 1 aromatic rings. The van der Waals surface area contributed by atoms with E-state index in [2.05, 4.69) is 10.3 Å². The number of aliphatic hydroxyl groups excluding tert-OH is 1. The second-order valence-corrected chi connectivity index (χ2v) is 3.46. The van der Waals surface area contributed by atoms with Crippen molar-refractivity contribution in [2.24, 2.45) is 7.05 Å². The topological polar surface area (TPSA) is 50.1 Å². The average molecular weight is 197 g/mol. The third-order valence-electron chi connectivity index (χ3n) is 2.23. The van der Waals surface area contributed by atoms with Gasteiger partial charge in [0, 0.05) is 26.4 Å². The van der Waals surface area contributed by atoms with Gasteiger partial charge in [-0.1, -0.05) is 0 Å². The number of nitrogens with zero attached hydrogens (tertiary/aromatic N) is 2. The van der Waals surface area contributed by atoms with Gasteiger partial charge >= 0.3 is 0 Å². The Morgan fingerprint density at radius 2 is 2.29 bits per heavy atom. The van der Waals surface area contributed by atoms with Crippen LogP contribution in [-0.2, 0) is 13.6 Å². The normalized spacial score (nSPS) is 10.7. The Hall–Kier alpha value is -0.870. The summed E-state index contributed by atoms with van der Waals surface area (Å²) in [7, 11) is 2.00. The van der Waals surface area contributed by atoms with Gasteiger partial charge < -0.3 is 15.0 Å². The average Bonchev–Trinajstić information content (AvgIpc) is 2.58. The summed E-state index contributed by atoms with van der Waals surface area (Å²) in [5.74, 6) is 0. The van der Waals surface area contributed by atoms with Gasteiger partial charge in [-0.3, -0.25) is 0 Å². The Morgan fingerprint density at radius 3 is 2.93 bits per heavy atom. The third-order valence-corrected chi connectivity index (χ3v) is 2.23. The van der Waals surface area contributed by atoms with Crippen molar-refractivity contribution in [3.05, 3.63) is 18.2 Å². The van der Waals surface area contributed by atoms with Gasteiger partial charge in [0.1, 0.15) is 0 Å². The van der Waals surface area contributed by atoms with E-state index >= 15 is 0 Å². The fourth-order valence-electron chi connectivity index (χ4n) is 1.31. The number of nitrogens with one attached hydrogen (secondary N) is 1. The first-order valence-electron chi connectivity index (χ1n) is 5.11. The van der Waals surface area contributed by atoms with Gasteiger partial charge in [0.15, 0.2) is 0 Å². The van der Waals surface area contributed by atoms with Crippen molar-refractivity contribution in [3.8, 4) is 0 Å². The monoisotopic (exact) mass is 197 g/mol. The summed E-state index contributed by atoms with van der Waals surface area (Å²) >= 11 is 0. The minimum atomic E-state index is 0.307. The molecule has 0 bridgehead atoms. The Bertz CT molecular complexity index is 247. The van der Waals surface area contributed by atoms with Crippen molar-refractivity contribution >= 4 is 0 Å². The summed E-state index contributed by atoms with van der Waals surface area (Å²) in [4.78, 5) is 4.04. The highest BCUT2D eigenvalue weighted by Crippen LogP contribution is 1.96. The van der Waals surface area contributed by atoms with Gasteiger partial charge in [-0.25, -0.2) is 4.98 Å². The van der Waals surface area contributed by atoms with E-state index in [1.165, 1.54) is 5.69 Å². The summed E-state index contributed by atoms with van der Waals surface area (Å²) in [6, 6.07) is 0. The third kappa shape index (κ3) is 3.89. The van der Waals surface area contributed by atoms with E-state index in [9.17, 15) is 0 Å². The number of imidazole rings is 1. The second-order valence-electron chi connectivity index (χ2n) is 3.46. The number of aryl methyl sites for hydroxylation is 1. The van der Waals surface area contributed by atoms with Gasteiger partial charge in [0.25, 0.3) is 0 Å². The maximum Gasteiger partial charge on any atom is 0.0945 e. The SMILES string of the molecule is Cn1cncc1CNCCCCCO. The van der Waals surface area contributed by atoms with Crippen LogP contribution in [0, 0.1) is 0 Å². The number of rotatable bonds is 7. The molecule has 0 aliphatic heterocycles. The summed E-state index contributed by atoms with van der Waals surface area (Å²) < 4.78 is 2.01. The molecule has 0 atom stereocenters. The van der Waals surface area contributed by atoms with Crippen LogP contribution in [0.3, 0.4) is 0 Å². The fourth-order valence-corrected chi connectivity index (χ4v) is 1.31. The first-order valence-corrected chi connectivity index (χ1v) is 5.11. The molecule has 4 nitrogen and oxygen atoms in total. The number of unbranched alkanes of at least 4 members (excludes halogenated alkanes) is 2. The second kappa shape index (κ2) is 6.56. The summed E-state index contributed by atoms with van der Waals surface area (Å²) in [6.45, 7) is 2.18. The maximum atomic E-state index is 8.58. The molecule has 80 valence electrons. The van der Waals surface area contributed by atoms with Gasteiger partial charge in [-0.2, -0.15) is 0 Å². The predicted molar refractivity (Wildman–Crippen MR) is 55.9 cm³/mol. The smallest absolute Gasteiger partial charge is 0.0945 e. The van der Waals surface area contributed by atoms with Crippen LogP contribution in [0.4, 0.5) is 0 Å². The van der Waals surface area contributed by atoms with Crippen LogP contribution in [0.1, 0.15) is 25.0 Å². The molecule has 0 fully saturated rings. The van der Waals surface area contributed by atoms with E-state index in [1.807, 2.05) is 24.1 Å². The molecular weight excluding hydrogens is 178 g/mol. The molecule has 0 unspecified atom stereocenters. The lowest BCUT2D eigenvalue weighted by atomic mass is 10.2. The zero-order chi connectivity index (χ0) is 10.2.